The molecule has 0 radical (unpaired) electrons. The molecule has 3 aliphatic heterocycles. The summed E-state index contributed by atoms with van der Waals surface area (Å²) in [5.74, 6) is 1.61. The van der Waals surface area contributed by atoms with Crippen molar-refractivity contribution in [3.8, 4) is 0 Å². The van der Waals surface area contributed by atoms with Crippen molar-refractivity contribution in [3.63, 3.8) is 0 Å². The van der Waals surface area contributed by atoms with Crippen molar-refractivity contribution >= 4 is 5.97 Å². The van der Waals surface area contributed by atoms with Crippen LogP contribution in [0.15, 0.2) is 36.4 Å². The van der Waals surface area contributed by atoms with Crippen molar-refractivity contribution in [2.45, 2.75) is 47.3 Å². The molecule has 1 spiro atoms. The SMILES string of the molecule is C=C1CC(=O)O1.CC=C1OCC2(CO1)COC(=CC)OC2.CCOC(C)OCC. The number of rotatable bonds is 4. The predicted octanol–water partition coefficient (Wildman–Crippen LogP) is 3.64. The molecule has 0 aromatic carbocycles. The molecule has 8 heteroatoms. The number of hydrogen-bond acceptors (Lipinski definition) is 8. The van der Waals surface area contributed by atoms with Gasteiger partial charge in [-0.2, -0.15) is 0 Å². The number of esters is 1. The minimum absolute atomic E-state index is 0.0370. The fourth-order valence-electron chi connectivity index (χ4n) is 2.39. The maximum Gasteiger partial charge on any atom is 0.318 e. The van der Waals surface area contributed by atoms with Crippen LogP contribution >= 0.6 is 0 Å². The second kappa shape index (κ2) is 13.1. The smallest absolute Gasteiger partial charge is 0.318 e. The number of carbonyl (C=O) groups excluding carboxylic acids is 1. The minimum Gasteiger partial charge on any atom is -0.465 e. The van der Waals surface area contributed by atoms with Crippen molar-refractivity contribution in [3.05, 3.63) is 36.4 Å². The molecule has 3 heterocycles. The summed E-state index contributed by atoms with van der Waals surface area (Å²) in [4.78, 5) is 9.83. The zero-order valence-electron chi connectivity index (χ0n) is 18.2. The Hall–Kier alpha value is -2.19. The summed E-state index contributed by atoms with van der Waals surface area (Å²) in [5.41, 5.74) is -0.154. The Morgan fingerprint density at radius 1 is 0.966 bits per heavy atom. The molecule has 166 valence electrons. The number of allylic oxidation sites excluding steroid dienone is 2. The van der Waals surface area contributed by atoms with Crippen molar-refractivity contribution in [2.75, 3.05) is 39.6 Å². The first kappa shape index (κ1) is 24.8. The monoisotopic (exact) mass is 414 g/mol. The van der Waals surface area contributed by atoms with Gasteiger partial charge in [0.25, 0.3) is 11.9 Å². The second-order valence-electron chi connectivity index (χ2n) is 6.54. The average Bonchev–Trinajstić information content (AvgIpc) is 2.70. The Kier molecular flexibility index (Phi) is 11.2. The summed E-state index contributed by atoms with van der Waals surface area (Å²) in [6.45, 7) is 16.7. The molecule has 0 amide bonds. The molecule has 3 aliphatic rings. The van der Waals surface area contributed by atoms with Gasteiger partial charge in [0.2, 0.25) is 0 Å². The summed E-state index contributed by atoms with van der Waals surface area (Å²) < 4.78 is 36.2. The van der Waals surface area contributed by atoms with E-state index >= 15 is 0 Å². The van der Waals surface area contributed by atoms with E-state index in [0.29, 0.717) is 50.5 Å². The first-order valence-electron chi connectivity index (χ1n) is 9.83. The van der Waals surface area contributed by atoms with E-state index in [2.05, 4.69) is 11.3 Å². The Labute approximate surface area is 173 Å². The molecular weight excluding hydrogens is 380 g/mol. The summed E-state index contributed by atoms with van der Waals surface area (Å²) in [6, 6.07) is 0. The van der Waals surface area contributed by atoms with Crippen molar-refractivity contribution in [1.29, 1.82) is 0 Å². The lowest BCUT2D eigenvalue weighted by molar-refractivity contribution is -0.185. The highest BCUT2D eigenvalue weighted by atomic mass is 16.7. The molecule has 0 bridgehead atoms. The Bertz CT molecular complexity index is 500. The minimum atomic E-state index is -0.167. The Balaban J connectivity index is 0.000000252. The van der Waals surface area contributed by atoms with E-state index < -0.39 is 0 Å². The molecule has 0 aliphatic carbocycles. The van der Waals surface area contributed by atoms with Crippen LogP contribution in [0.25, 0.3) is 0 Å². The topological polar surface area (TPSA) is 81.7 Å². The fourth-order valence-corrected chi connectivity index (χ4v) is 2.39. The van der Waals surface area contributed by atoms with Gasteiger partial charge >= 0.3 is 5.97 Å². The van der Waals surface area contributed by atoms with Crippen LogP contribution in [0.5, 0.6) is 0 Å². The van der Waals surface area contributed by atoms with Crippen molar-refractivity contribution < 1.29 is 38.0 Å². The van der Waals surface area contributed by atoms with E-state index in [1.54, 1.807) is 0 Å². The molecule has 29 heavy (non-hydrogen) atoms. The normalized spacial score (nSPS) is 22.3. The zero-order valence-corrected chi connectivity index (χ0v) is 18.2. The number of hydrogen-bond donors (Lipinski definition) is 0. The third-order valence-corrected chi connectivity index (χ3v) is 3.96. The lowest BCUT2D eigenvalue weighted by Crippen LogP contribution is -2.46. The fraction of sp³-hybridized carbons (Fsp3) is 0.667. The maximum atomic E-state index is 9.83. The van der Waals surface area contributed by atoms with Gasteiger partial charge in [0.1, 0.15) is 44.0 Å². The zero-order chi connectivity index (χ0) is 21.7. The van der Waals surface area contributed by atoms with E-state index in [0.717, 1.165) is 13.2 Å². The van der Waals surface area contributed by atoms with E-state index in [1.165, 1.54) is 0 Å². The highest BCUT2D eigenvalue weighted by Crippen LogP contribution is 2.31. The second-order valence-corrected chi connectivity index (χ2v) is 6.54. The first-order valence-corrected chi connectivity index (χ1v) is 9.83. The van der Waals surface area contributed by atoms with Crippen LogP contribution in [0.3, 0.4) is 0 Å². The van der Waals surface area contributed by atoms with E-state index in [4.69, 9.17) is 28.4 Å². The summed E-state index contributed by atoms with van der Waals surface area (Å²) in [5, 5.41) is 0. The third kappa shape index (κ3) is 9.23. The van der Waals surface area contributed by atoms with Gasteiger partial charge in [0.05, 0.1) is 0 Å². The standard InChI is InChI=1S/C11H16O4.C6H14O2.C4H4O2/c1-3-9-12-5-11(6-13-9)7-14-10(4-2)15-8-11;1-4-7-6(3)8-5-2;1-3-2-4(5)6-3/h3-4H,5-8H2,1-2H3;6H,4-5H2,1-3H3;1-2H2. The van der Waals surface area contributed by atoms with Gasteiger partial charge in [0, 0.05) is 13.2 Å². The number of ether oxygens (including phenoxy) is 7. The molecular formula is C21H34O8. The Morgan fingerprint density at radius 2 is 1.34 bits per heavy atom. The van der Waals surface area contributed by atoms with Gasteiger partial charge in [-0.05, 0) is 46.8 Å². The summed E-state index contributed by atoms with van der Waals surface area (Å²) in [6.07, 6.45) is 4.01. The first-order chi connectivity index (χ1) is 13.9. The van der Waals surface area contributed by atoms with Gasteiger partial charge < -0.3 is 33.2 Å². The van der Waals surface area contributed by atoms with Crippen molar-refractivity contribution in [2.24, 2.45) is 5.41 Å². The lowest BCUT2D eigenvalue weighted by Gasteiger charge is -2.40. The predicted molar refractivity (Wildman–Crippen MR) is 106 cm³/mol. The van der Waals surface area contributed by atoms with Crippen LogP contribution in [0, 0.1) is 5.41 Å². The average molecular weight is 414 g/mol. The van der Waals surface area contributed by atoms with Crippen LogP contribution in [0.1, 0.15) is 41.0 Å². The van der Waals surface area contributed by atoms with Crippen molar-refractivity contribution in [1.82, 2.24) is 0 Å². The number of carbonyl (C=O) groups is 1. The highest BCUT2D eigenvalue weighted by molar-refractivity contribution is 5.79. The van der Waals surface area contributed by atoms with Crippen LogP contribution in [0.2, 0.25) is 0 Å². The molecule has 0 aromatic rings. The van der Waals surface area contributed by atoms with Gasteiger partial charge in [0.15, 0.2) is 6.29 Å². The van der Waals surface area contributed by atoms with Crippen LogP contribution in [0.4, 0.5) is 0 Å². The van der Waals surface area contributed by atoms with E-state index in [9.17, 15) is 4.79 Å². The van der Waals surface area contributed by atoms with Gasteiger partial charge in [-0.1, -0.05) is 6.58 Å². The molecule has 0 N–H and O–H groups in total. The molecule has 0 unspecified atom stereocenters. The molecule has 3 fully saturated rings. The van der Waals surface area contributed by atoms with Gasteiger partial charge in [-0.15, -0.1) is 0 Å². The lowest BCUT2D eigenvalue weighted by atomic mass is 9.91. The molecule has 3 rings (SSSR count). The molecule has 3 saturated heterocycles. The van der Waals surface area contributed by atoms with E-state index in [-0.39, 0.29) is 17.7 Å². The molecule has 0 aromatic heterocycles. The van der Waals surface area contributed by atoms with Gasteiger partial charge in [-0.3, -0.25) is 4.79 Å². The maximum absolute atomic E-state index is 9.83. The largest absolute Gasteiger partial charge is 0.465 e. The van der Waals surface area contributed by atoms with Crippen LogP contribution < -0.4 is 0 Å². The van der Waals surface area contributed by atoms with E-state index in [1.807, 2.05) is 46.8 Å². The summed E-state index contributed by atoms with van der Waals surface area (Å²) in [7, 11) is 0. The molecule has 8 nitrogen and oxygen atoms in total. The van der Waals surface area contributed by atoms with Gasteiger partial charge in [-0.25, -0.2) is 0 Å². The molecule has 0 saturated carbocycles. The summed E-state index contributed by atoms with van der Waals surface area (Å²) >= 11 is 0. The third-order valence-electron chi connectivity index (χ3n) is 3.96. The Morgan fingerprint density at radius 3 is 1.55 bits per heavy atom. The highest BCUT2D eigenvalue weighted by Gasteiger charge is 2.41. The van der Waals surface area contributed by atoms with Crippen LogP contribution in [-0.2, 0) is 38.0 Å². The van der Waals surface area contributed by atoms with Crippen LogP contribution in [-0.4, -0.2) is 51.9 Å². The number of cyclic esters (lactones) is 1. The quantitative estimate of drug-likeness (QED) is 0.509. The molecule has 0 atom stereocenters.